The summed E-state index contributed by atoms with van der Waals surface area (Å²) in [6, 6.07) is 8.86. The lowest BCUT2D eigenvalue weighted by Crippen LogP contribution is -2.32. The topological polar surface area (TPSA) is 41.1 Å². The lowest BCUT2D eigenvalue weighted by Gasteiger charge is -2.20. The highest BCUT2D eigenvalue weighted by atomic mass is 32.2. The molecule has 0 aromatic heterocycles. The molecule has 3 nitrogen and oxygen atoms in total. The van der Waals surface area contributed by atoms with Crippen LogP contribution in [-0.2, 0) is 4.79 Å². The first kappa shape index (κ1) is 16.4. The lowest BCUT2D eigenvalue weighted by atomic mass is 10.0. The molecule has 2 N–H and O–H groups in total. The largest absolute Gasteiger partial charge is 0.326 e. The molecule has 0 spiro atoms. The van der Waals surface area contributed by atoms with Crippen LogP contribution in [0.15, 0.2) is 29.2 Å². The molecule has 2 unspecified atom stereocenters. The summed E-state index contributed by atoms with van der Waals surface area (Å²) in [4.78, 5) is 12.3. The first-order valence-electron chi connectivity index (χ1n) is 7.93. The smallest absolute Gasteiger partial charge is 0.221 e. The average Bonchev–Trinajstić information content (AvgIpc) is 2.88. The molecule has 2 rings (SSSR count). The molecule has 0 saturated heterocycles. The van der Waals surface area contributed by atoms with Crippen LogP contribution < -0.4 is 10.6 Å². The normalized spacial score (nSPS) is 21.4. The number of carbonyl (C=O) groups excluding carboxylic acids is 1. The molecule has 1 amide bonds. The molecule has 21 heavy (non-hydrogen) atoms. The van der Waals surface area contributed by atoms with Gasteiger partial charge in [-0.1, -0.05) is 13.3 Å². The predicted octanol–water partition coefficient (Wildman–Crippen LogP) is 3.91. The van der Waals surface area contributed by atoms with Crippen LogP contribution in [0, 0.1) is 5.92 Å². The van der Waals surface area contributed by atoms with Crippen LogP contribution in [0.3, 0.4) is 0 Å². The van der Waals surface area contributed by atoms with Crippen LogP contribution in [0.5, 0.6) is 0 Å². The third-order valence-corrected chi connectivity index (χ3v) is 5.10. The van der Waals surface area contributed by atoms with Crippen LogP contribution in [0.4, 0.5) is 5.69 Å². The van der Waals surface area contributed by atoms with E-state index in [4.69, 9.17) is 0 Å². The molecular formula is C17H26N2OS. The second kappa shape index (κ2) is 8.44. The molecule has 1 aliphatic carbocycles. The minimum absolute atomic E-state index is 0.0221. The molecule has 2 atom stereocenters. The van der Waals surface area contributed by atoms with Crippen molar-refractivity contribution in [3.8, 4) is 0 Å². The summed E-state index contributed by atoms with van der Waals surface area (Å²) in [5, 5.41) is 6.42. The van der Waals surface area contributed by atoms with E-state index in [-0.39, 0.29) is 5.91 Å². The third-order valence-electron chi connectivity index (χ3n) is 4.06. The summed E-state index contributed by atoms with van der Waals surface area (Å²) in [7, 11) is 0. The zero-order chi connectivity index (χ0) is 15.1. The number of amides is 1. The van der Waals surface area contributed by atoms with Gasteiger partial charge >= 0.3 is 0 Å². The van der Waals surface area contributed by atoms with Crippen LogP contribution >= 0.6 is 11.8 Å². The van der Waals surface area contributed by atoms with E-state index in [1.54, 1.807) is 0 Å². The first-order chi connectivity index (χ1) is 10.2. The van der Waals surface area contributed by atoms with Gasteiger partial charge in [-0.05, 0) is 61.7 Å². The molecular weight excluding hydrogens is 280 g/mol. The summed E-state index contributed by atoms with van der Waals surface area (Å²) in [5.41, 5.74) is 0.870. The maximum atomic E-state index is 11.0. The molecule has 0 bridgehead atoms. The van der Waals surface area contributed by atoms with E-state index < -0.39 is 0 Å². The predicted molar refractivity (Wildman–Crippen MR) is 90.9 cm³/mol. The summed E-state index contributed by atoms with van der Waals surface area (Å²) in [5.74, 6) is 1.99. The van der Waals surface area contributed by atoms with Gasteiger partial charge in [0.1, 0.15) is 0 Å². The molecule has 0 aliphatic heterocycles. The average molecular weight is 306 g/mol. The summed E-state index contributed by atoms with van der Waals surface area (Å²) >= 11 is 1.91. The molecule has 1 aromatic rings. The second-order valence-electron chi connectivity index (χ2n) is 5.70. The molecule has 0 radical (unpaired) electrons. The Morgan fingerprint density at radius 1 is 1.29 bits per heavy atom. The van der Waals surface area contributed by atoms with Crippen LogP contribution in [0.1, 0.15) is 39.5 Å². The number of rotatable bonds is 7. The maximum Gasteiger partial charge on any atom is 0.221 e. The highest BCUT2D eigenvalue weighted by Gasteiger charge is 2.25. The number of nitrogens with one attached hydrogen (secondary N) is 2. The minimum Gasteiger partial charge on any atom is -0.326 e. The van der Waals surface area contributed by atoms with Crippen LogP contribution in [0.2, 0.25) is 0 Å². The van der Waals surface area contributed by atoms with Crippen molar-refractivity contribution in [1.29, 1.82) is 0 Å². The van der Waals surface area contributed by atoms with E-state index in [9.17, 15) is 4.79 Å². The van der Waals surface area contributed by atoms with Gasteiger partial charge in [-0.15, -0.1) is 11.8 Å². The molecule has 1 aromatic carbocycles. The van der Waals surface area contributed by atoms with E-state index in [0.29, 0.717) is 0 Å². The maximum absolute atomic E-state index is 11.0. The highest BCUT2D eigenvalue weighted by Crippen LogP contribution is 2.31. The Morgan fingerprint density at radius 2 is 2.05 bits per heavy atom. The molecule has 4 heteroatoms. The lowest BCUT2D eigenvalue weighted by molar-refractivity contribution is -0.114. The van der Waals surface area contributed by atoms with Crippen molar-refractivity contribution in [2.45, 2.75) is 50.5 Å². The van der Waals surface area contributed by atoms with Gasteiger partial charge in [0.25, 0.3) is 0 Å². The Hall–Kier alpha value is -1.00. The fourth-order valence-corrected chi connectivity index (χ4v) is 4.06. The SMILES string of the molecule is CCNC1CCCC1CCSc1ccc(NC(C)=O)cc1. The van der Waals surface area contributed by atoms with Gasteiger partial charge in [0.05, 0.1) is 0 Å². The Balaban J connectivity index is 1.74. The summed E-state index contributed by atoms with van der Waals surface area (Å²) in [6.07, 6.45) is 5.38. The van der Waals surface area contributed by atoms with Crippen LogP contribution in [-0.4, -0.2) is 24.2 Å². The monoisotopic (exact) mass is 306 g/mol. The van der Waals surface area contributed by atoms with E-state index in [1.165, 1.54) is 43.3 Å². The Labute approximate surface area is 132 Å². The van der Waals surface area contributed by atoms with E-state index >= 15 is 0 Å². The van der Waals surface area contributed by atoms with Gasteiger partial charge in [-0.25, -0.2) is 0 Å². The van der Waals surface area contributed by atoms with Crippen LogP contribution in [0.25, 0.3) is 0 Å². The molecule has 1 saturated carbocycles. The first-order valence-corrected chi connectivity index (χ1v) is 8.91. The van der Waals surface area contributed by atoms with E-state index in [2.05, 4.69) is 29.7 Å². The number of anilines is 1. The van der Waals surface area contributed by atoms with Gasteiger partial charge < -0.3 is 10.6 Å². The fourth-order valence-electron chi connectivity index (χ4n) is 3.08. The standard InChI is InChI=1S/C17H26N2OS/c1-3-18-17-6-4-5-14(17)11-12-21-16-9-7-15(8-10-16)19-13(2)20/h7-10,14,17-18H,3-6,11-12H2,1-2H3,(H,19,20). The quantitative estimate of drug-likeness (QED) is 0.751. The number of hydrogen-bond acceptors (Lipinski definition) is 3. The zero-order valence-electron chi connectivity index (χ0n) is 13.0. The third kappa shape index (κ3) is 5.36. The highest BCUT2D eigenvalue weighted by molar-refractivity contribution is 7.99. The van der Waals surface area contributed by atoms with Gasteiger partial charge in [0.2, 0.25) is 5.91 Å². The van der Waals surface area contributed by atoms with Crippen molar-refractivity contribution in [3.63, 3.8) is 0 Å². The minimum atomic E-state index is -0.0221. The Morgan fingerprint density at radius 3 is 2.71 bits per heavy atom. The van der Waals surface area contributed by atoms with Gasteiger partial charge in [0, 0.05) is 23.5 Å². The van der Waals surface area contributed by atoms with Crippen molar-refractivity contribution in [2.24, 2.45) is 5.92 Å². The van der Waals surface area contributed by atoms with Crippen molar-refractivity contribution >= 4 is 23.4 Å². The molecule has 0 heterocycles. The summed E-state index contributed by atoms with van der Waals surface area (Å²) in [6.45, 7) is 4.81. The van der Waals surface area contributed by atoms with Crippen molar-refractivity contribution < 1.29 is 4.79 Å². The van der Waals surface area contributed by atoms with Gasteiger partial charge in [-0.2, -0.15) is 0 Å². The number of carbonyl (C=O) groups is 1. The Kier molecular flexibility index (Phi) is 6.58. The fraction of sp³-hybridized carbons (Fsp3) is 0.588. The van der Waals surface area contributed by atoms with Crippen molar-refractivity contribution in [3.05, 3.63) is 24.3 Å². The van der Waals surface area contributed by atoms with Gasteiger partial charge in [-0.3, -0.25) is 4.79 Å². The van der Waals surface area contributed by atoms with Crippen molar-refractivity contribution in [2.75, 3.05) is 17.6 Å². The molecule has 1 aliphatic rings. The van der Waals surface area contributed by atoms with E-state index in [1.807, 2.05) is 23.9 Å². The number of thioether (sulfide) groups is 1. The zero-order valence-corrected chi connectivity index (χ0v) is 13.8. The van der Waals surface area contributed by atoms with Gasteiger partial charge in [0.15, 0.2) is 0 Å². The van der Waals surface area contributed by atoms with E-state index in [0.717, 1.165) is 24.2 Å². The molecule has 1 fully saturated rings. The second-order valence-corrected chi connectivity index (χ2v) is 6.87. The number of hydrogen-bond donors (Lipinski definition) is 2. The summed E-state index contributed by atoms with van der Waals surface area (Å²) < 4.78 is 0. The number of benzene rings is 1. The Bertz CT molecular complexity index is 447. The van der Waals surface area contributed by atoms with Crippen molar-refractivity contribution in [1.82, 2.24) is 5.32 Å². The molecule has 116 valence electrons.